The molecule has 146 valence electrons. The van der Waals surface area contributed by atoms with Crippen LogP contribution in [0.15, 0.2) is 30.9 Å². The van der Waals surface area contributed by atoms with Crippen molar-refractivity contribution >= 4 is 17.5 Å². The number of anilines is 1. The van der Waals surface area contributed by atoms with E-state index in [2.05, 4.69) is 11.6 Å². The largest absolute Gasteiger partial charge is 0.473 e. The molecular formula is C18H24N4O5. The monoisotopic (exact) mass is 376 g/mol. The lowest BCUT2D eigenvalue weighted by Gasteiger charge is -2.40. The van der Waals surface area contributed by atoms with E-state index in [1.807, 2.05) is 11.8 Å². The SMILES string of the molecule is C=C1OC2[C@@H](CN(c3ccncc3[N+](=O)[O-])C[C@@H]2C)N1C(=O)OC(C)(C)C. The summed E-state index contributed by atoms with van der Waals surface area (Å²) in [5.74, 6) is 0.276. The quantitative estimate of drug-likeness (QED) is 0.578. The van der Waals surface area contributed by atoms with Gasteiger partial charge < -0.3 is 14.4 Å². The van der Waals surface area contributed by atoms with Gasteiger partial charge in [-0.3, -0.25) is 15.1 Å². The fourth-order valence-corrected chi connectivity index (χ4v) is 3.59. The number of nitro groups is 1. The van der Waals surface area contributed by atoms with E-state index in [0.29, 0.717) is 18.8 Å². The van der Waals surface area contributed by atoms with Crippen molar-refractivity contribution in [2.75, 3.05) is 18.0 Å². The van der Waals surface area contributed by atoms with Gasteiger partial charge in [-0.1, -0.05) is 6.92 Å². The molecule has 2 saturated heterocycles. The number of hydrogen-bond acceptors (Lipinski definition) is 7. The van der Waals surface area contributed by atoms with E-state index >= 15 is 0 Å². The second kappa shape index (κ2) is 6.71. The molecule has 0 spiro atoms. The van der Waals surface area contributed by atoms with Crippen LogP contribution in [-0.4, -0.2) is 51.7 Å². The van der Waals surface area contributed by atoms with Crippen molar-refractivity contribution in [2.24, 2.45) is 5.92 Å². The third kappa shape index (κ3) is 3.67. The van der Waals surface area contributed by atoms with Crippen LogP contribution in [0, 0.1) is 16.0 Å². The lowest BCUT2D eigenvalue weighted by atomic mass is 9.92. The van der Waals surface area contributed by atoms with Gasteiger partial charge >= 0.3 is 11.8 Å². The van der Waals surface area contributed by atoms with Gasteiger partial charge in [0.25, 0.3) is 0 Å². The van der Waals surface area contributed by atoms with E-state index in [1.165, 1.54) is 17.3 Å². The summed E-state index contributed by atoms with van der Waals surface area (Å²) < 4.78 is 11.3. The average Bonchev–Trinajstić information content (AvgIpc) is 2.90. The predicted molar refractivity (Wildman–Crippen MR) is 98.1 cm³/mol. The number of carbonyl (C=O) groups is 1. The number of aromatic nitrogens is 1. The standard InChI is InChI=1S/C18H24N4O5/c1-11-9-20(13-6-7-19-8-14(13)22(24)25)10-15-16(11)26-12(2)21(15)17(23)27-18(3,4)5/h6-8,11,15-16H,2,9-10H2,1,3-5H3/t11-,15+,16?/m0/s1. The highest BCUT2D eigenvalue weighted by molar-refractivity contribution is 5.71. The van der Waals surface area contributed by atoms with Crippen molar-refractivity contribution in [3.63, 3.8) is 0 Å². The van der Waals surface area contributed by atoms with Crippen LogP contribution >= 0.6 is 0 Å². The molecule has 9 nitrogen and oxygen atoms in total. The van der Waals surface area contributed by atoms with E-state index in [9.17, 15) is 14.9 Å². The van der Waals surface area contributed by atoms with E-state index in [0.717, 1.165) is 0 Å². The molecule has 3 atom stereocenters. The number of pyridine rings is 1. The summed E-state index contributed by atoms with van der Waals surface area (Å²) in [6.07, 6.45) is 2.00. The molecule has 2 fully saturated rings. The summed E-state index contributed by atoms with van der Waals surface area (Å²) in [5, 5.41) is 11.4. The molecule has 0 aliphatic carbocycles. The zero-order valence-electron chi connectivity index (χ0n) is 15.9. The molecule has 1 aromatic rings. The lowest BCUT2D eigenvalue weighted by molar-refractivity contribution is -0.384. The zero-order valence-corrected chi connectivity index (χ0v) is 15.9. The average molecular weight is 376 g/mol. The van der Waals surface area contributed by atoms with Crippen molar-refractivity contribution < 1.29 is 19.2 Å². The minimum atomic E-state index is -0.653. The Morgan fingerprint density at radius 2 is 2.15 bits per heavy atom. The topological polar surface area (TPSA) is 98.0 Å². The number of fused-ring (bicyclic) bond motifs is 1. The van der Waals surface area contributed by atoms with Crippen LogP contribution < -0.4 is 4.90 Å². The van der Waals surface area contributed by atoms with Crippen LogP contribution in [-0.2, 0) is 9.47 Å². The first-order valence-electron chi connectivity index (χ1n) is 8.79. The molecule has 0 N–H and O–H groups in total. The summed E-state index contributed by atoms with van der Waals surface area (Å²) in [6, 6.07) is 1.28. The summed E-state index contributed by atoms with van der Waals surface area (Å²) >= 11 is 0. The van der Waals surface area contributed by atoms with Crippen LogP contribution in [0.5, 0.6) is 0 Å². The Hall–Kier alpha value is -2.84. The molecule has 0 radical (unpaired) electrons. The van der Waals surface area contributed by atoms with E-state index in [-0.39, 0.29) is 29.6 Å². The zero-order chi connectivity index (χ0) is 19.9. The molecule has 2 aliphatic rings. The third-order valence-corrected chi connectivity index (χ3v) is 4.63. The molecule has 3 heterocycles. The first-order valence-corrected chi connectivity index (χ1v) is 8.79. The number of hydrogen-bond donors (Lipinski definition) is 0. The molecule has 27 heavy (non-hydrogen) atoms. The second-order valence-corrected chi connectivity index (χ2v) is 7.90. The van der Waals surface area contributed by atoms with Gasteiger partial charge in [-0.2, -0.15) is 0 Å². The number of piperidine rings is 1. The number of nitrogens with zero attached hydrogens (tertiary/aromatic N) is 4. The molecule has 0 saturated carbocycles. The predicted octanol–water partition coefficient (Wildman–Crippen LogP) is 2.92. The Morgan fingerprint density at radius 3 is 2.78 bits per heavy atom. The Morgan fingerprint density at radius 1 is 1.44 bits per heavy atom. The Labute approximate surface area is 157 Å². The first kappa shape index (κ1) is 18.9. The van der Waals surface area contributed by atoms with Crippen LogP contribution in [0.3, 0.4) is 0 Å². The maximum absolute atomic E-state index is 12.7. The van der Waals surface area contributed by atoms with Gasteiger partial charge in [-0.15, -0.1) is 0 Å². The van der Waals surface area contributed by atoms with Gasteiger partial charge in [0, 0.05) is 25.2 Å². The number of carbonyl (C=O) groups excluding carboxylic acids is 1. The first-order chi connectivity index (χ1) is 12.6. The molecule has 2 aliphatic heterocycles. The summed E-state index contributed by atoms with van der Waals surface area (Å²) in [4.78, 5) is 30.8. The fraction of sp³-hybridized carbons (Fsp3) is 0.556. The van der Waals surface area contributed by atoms with E-state index < -0.39 is 16.6 Å². The minimum absolute atomic E-state index is 0.0284. The third-order valence-electron chi connectivity index (χ3n) is 4.63. The van der Waals surface area contributed by atoms with Gasteiger partial charge in [0.1, 0.15) is 23.6 Å². The van der Waals surface area contributed by atoms with E-state index in [1.54, 1.807) is 26.8 Å². The Kier molecular flexibility index (Phi) is 4.71. The van der Waals surface area contributed by atoms with Crippen molar-refractivity contribution in [3.8, 4) is 0 Å². The summed E-state index contributed by atoms with van der Waals surface area (Å²) in [7, 11) is 0. The Bertz CT molecular complexity index is 775. The maximum atomic E-state index is 12.7. The van der Waals surface area contributed by atoms with Gasteiger partial charge in [0.15, 0.2) is 5.88 Å². The summed E-state index contributed by atoms with van der Waals surface area (Å²) in [6.45, 7) is 12.1. The van der Waals surface area contributed by atoms with Crippen LogP contribution in [0.25, 0.3) is 0 Å². The lowest BCUT2D eigenvalue weighted by Crippen LogP contribution is -2.56. The van der Waals surface area contributed by atoms with Crippen LogP contribution in [0.1, 0.15) is 27.7 Å². The van der Waals surface area contributed by atoms with E-state index in [4.69, 9.17) is 9.47 Å². The minimum Gasteiger partial charge on any atom is -0.473 e. The van der Waals surface area contributed by atoms with Crippen LogP contribution in [0.2, 0.25) is 0 Å². The Balaban J connectivity index is 1.89. The molecule has 1 unspecified atom stereocenters. The maximum Gasteiger partial charge on any atom is 0.417 e. The molecule has 1 amide bonds. The molecule has 0 bridgehead atoms. The van der Waals surface area contributed by atoms with Gasteiger partial charge in [0.2, 0.25) is 0 Å². The van der Waals surface area contributed by atoms with Gasteiger partial charge in [0.05, 0.1) is 11.0 Å². The van der Waals surface area contributed by atoms with Gasteiger partial charge in [-0.25, -0.2) is 9.69 Å². The van der Waals surface area contributed by atoms with Crippen molar-refractivity contribution in [2.45, 2.75) is 45.4 Å². The highest BCUT2D eigenvalue weighted by Gasteiger charge is 2.50. The number of amides is 1. The summed E-state index contributed by atoms with van der Waals surface area (Å²) in [5.41, 5.74) is -0.245. The van der Waals surface area contributed by atoms with Crippen molar-refractivity contribution in [3.05, 3.63) is 41.0 Å². The van der Waals surface area contributed by atoms with Crippen molar-refractivity contribution in [1.82, 2.24) is 9.88 Å². The fourth-order valence-electron chi connectivity index (χ4n) is 3.59. The smallest absolute Gasteiger partial charge is 0.417 e. The van der Waals surface area contributed by atoms with Gasteiger partial charge in [-0.05, 0) is 33.4 Å². The molecular weight excluding hydrogens is 352 g/mol. The molecule has 9 heteroatoms. The van der Waals surface area contributed by atoms with Crippen LogP contribution in [0.4, 0.5) is 16.2 Å². The molecule has 1 aromatic heterocycles. The number of rotatable bonds is 2. The second-order valence-electron chi connectivity index (χ2n) is 7.90. The highest BCUT2D eigenvalue weighted by Crippen LogP contribution is 2.38. The highest BCUT2D eigenvalue weighted by atomic mass is 16.6. The molecule has 3 rings (SSSR count). The van der Waals surface area contributed by atoms with Crippen molar-refractivity contribution in [1.29, 1.82) is 0 Å². The normalized spacial score (nSPS) is 25.0. The number of ether oxygens (including phenoxy) is 2. The molecule has 0 aromatic carbocycles.